The van der Waals surface area contributed by atoms with Crippen LogP contribution in [0.25, 0.3) is 6.08 Å². The van der Waals surface area contributed by atoms with Gasteiger partial charge in [0.1, 0.15) is 5.82 Å². The van der Waals surface area contributed by atoms with Crippen LogP contribution < -0.4 is 5.32 Å². The molecule has 2 aromatic carbocycles. The van der Waals surface area contributed by atoms with Gasteiger partial charge in [-0.25, -0.2) is 9.18 Å². The monoisotopic (exact) mass is 361 g/mol. The zero-order chi connectivity index (χ0) is 18.2. The van der Waals surface area contributed by atoms with Gasteiger partial charge in [-0.2, -0.15) is 0 Å². The summed E-state index contributed by atoms with van der Waals surface area (Å²) >= 11 is 5.91. The van der Waals surface area contributed by atoms with Crippen molar-refractivity contribution >= 4 is 29.6 Å². The highest BCUT2D eigenvalue weighted by molar-refractivity contribution is 6.30. The molecule has 0 bridgehead atoms. The molecule has 1 N–H and O–H groups in total. The van der Waals surface area contributed by atoms with Crippen LogP contribution in [0.3, 0.4) is 0 Å². The lowest BCUT2D eigenvalue weighted by Gasteiger charge is -2.14. The van der Waals surface area contributed by atoms with Gasteiger partial charge in [-0.3, -0.25) is 4.79 Å². The van der Waals surface area contributed by atoms with E-state index in [-0.39, 0.29) is 11.6 Å². The average molecular weight is 362 g/mol. The van der Waals surface area contributed by atoms with Crippen LogP contribution >= 0.6 is 11.6 Å². The number of esters is 1. The molecule has 0 aliphatic rings. The molecule has 6 heteroatoms. The summed E-state index contributed by atoms with van der Waals surface area (Å²) in [5, 5.41) is 3.28. The van der Waals surface area contributed by atoms with Crippen LogP contribution in [0.2, 0.25) is 5.02 Å². The van der Waals surface area contributed by atoms with E-state index in [0.29, 0.717) is 5.02 Å². The van der Waals surface area contributed by atoms with Gasteiger partial charge in [0.15, 0.2) is 6.61 Å². The smallest absolute Gasteiger partial charge is 0.331 e. The second-order valence-corrected chi connectivity index (χ2v) is 5.74. The number of amides is 1. The van der Waals surface area contributed by atoms with E-state index in [1.165, 1.54) is 18.2 Å². The van der Waals surface area contributed by atoms with Crippen LogP contribution in [0.5, 0.6) is 0 Å². The first-order valence-corrected chi connectivity index (χ1v) is 7.97. The molecule has 2 aromatic rings. The van der Waals surface area contributed by atoms with E-state index in [9.17, 15) is 14.0 Å². The summed E-state index contributed by atoms with van der Waals surface area (Å²) in [7, 11) is 0. The van der Waals surface area contributed by atoms with E-state index in [2.05, 4.69) is 5.32 Å². The molecule has 0 fully saturated rings. The van der Waals surface area contributed by atoms with Crippen LogP contribution in [-0.2, 0) is 14.3 Å². The lowest BCUT2D eigenvalue weighted by atomic mass is 10.1. The van der Waals surface area contributed by atoms with Gasteiger partial charge in [0.05, 0.1) is 6.04 Å². The molecule has 0 heterocycles. The maximum atomic E-state index is 13.4. The molecule has 0 saturated carbocycles. The van der Waals surface area contributed by atoms with Crippen LogP contribution in [0.15, 0.2) is 54.6 Å². The Kier molecular flexibility index (Phi) is 6.71. The summed E-state index contributed by atoms with van der Waals surface area (Å²) in [5.74, 6) is -1.62. The molecule has 0 unspecified atom stereocenters. The van der Waals surface area contributed by atoms with E-state index in [1.807, 2.05) is 6.07 Å². The summed E-state index contributed by atoms with van der Waals surface area (Å²) in [4.78, 5) is 23.4. The topological polar surface area (TPSA) is 55.4 Å². The Labute approximate surface area is 150 Å². The first-order valence-electron chi connectivity index (χ1n) is 7.60. The number of nitrogens with one attached hydrogen (secondary N) is 1. The molecule has 0 aliphatic heterocycles. The first kappa shape index (κ1) is 18.7. The van der Waals surface area contributed by atoms with Crippen molar-refractivity contribution in [2.45, 2.75) is 13.0 Å². The minimum Gasteiger partial charge on any atom is -0.452 e. The number of rotatable bonds is 6. The molecule has 0 saturated heterocycles. The zero-order valence-electron chi connectivity index (χ0n) is 13.5. The molecule has 0 aliphatic carbocycles. The summed E-state index contributed by atoms with van der Waals surface area (Å²) in [5.41, 5.74) is 1.10. The Hall–Kier alpha value is -2.66. The molecule has 1 atom stereocenters. The summed E-state index contributed by atoms with van der Waals surface area (Å²) in [6, 6.07) is 12.8. The standard InChI is InChI=1S/C19H17ClFNO3/c1-13(15-6-4-7-16(20)11-15)22-18(23)12-25-19(24)10-9-14-5-2-3-8-17(14)21/h2-11,13H,12H2,1H3,(H,22,23)/b10-9+/t13-/m1/s1. The SMILES string of the molecule is C[C@@H](NC(=O)COC(=O)/C=C/c1ccccc1F)c1cccc(Cl)c1. The molecule has 0 radical (unpaired) electrons. The zero-order valence-corrected chi connectivity index (χ0v) is 14.3. The van der Waals surface area contributed by atoms with Crippen molar-refractivity contribution in [2.75, 3.05) is 6.61 Å². The van der Waals surface area contributed by atoms with Crippen LogP contribution in [0.4, 0.5) is 4.39 Å². The second kappa shape index (κ2) is 8.99. The predicted molar refractivity (Wildman–Crippen MR) is 94.4 cm³/mol. The van der Waals surface area contributed by atoms with Crippen molar-refractivity contribution in [3.63, 3.8) is 0 Å². The van der Waals surface area contributed by atoms with Gasteiger partial charge in [-0.05, 0) is 36.8 Å². The Bertz CT molecular complexity index is 792. The number of hydrogen-bond donors (Lipinski definition) is 1. The maximum Gasteiger partial charge on any atom is 0.331 e. The lowest BCUT2D eigenvalue weighted by molar-refractivity contribution is -0.144. The summed E-state index contributed by atoms with van der Waals surface area (Å²) in [6.45, 7) is 1.37. The summed E-state index contributed by atoms with van der Waals surface area (Å²) < 4.78 is 18.2. The molecule has 4 nitrogen and oxygen atoms in total. The number of hydrogen-bond acceptors (Lipinski definition) is 3. The molecular formula is C19H17ClFNO3. The lowest BCUT2D eigenvalue weighted by Crippen LogP contribution is -2.30. The third-order valence-corrected chi connectivity index (χ3v) is 3.61. The average Bonchev–Trinajstić information content (AvgIpc) is 2.59. The highest BCUT2D eigenvalue weighted by Crippen LogP contribution is 2.17. The quantitative estimate of drug-likeness (QED) is 0.627. The Morgan fingerprint density at radius 1 is 1.24 bits per heavy atom. The minimum absolute atomic E-state index is 0.262. The number of carbonyl (C=O) groups excluding carboxylic acids is 2. The van der Waals surface area contributed by atoms with Crippen molar-refractivity contribution in [2.24, 2.45) is 0 Å². The van der Waals surface area contributed by atoms with Crippen molar-refractivity contribution < 1.29 is 18.7 Å². The highest BCUT2D eigenvalue weighted by Gasteiger charge is 2.11. The molecule has 0 aromatic heterocycles. The largest absolute Gasteiger partial charge is 0.452 e. The summed E-state index contributed by atoms with van der Waals surface area (Å²) in [6.07, 6.45) is 2.37. The molecule has 0 spiro atoms. The van der Waals surface area contributed by atoms with Gasteiger partial charge in [0, 0.05) is 16.7 Å². The fraction of sp³-hybridized carbons (Fsp3) is 0.158. The third-order valence-electron chi connectivity index (χ3n) is 3.38. The Morgan fingerprint density at radius 2 is 2.00 bits per heavy atom. The van der Waals surface area contributed by atoms with Gasteiger partial charge in [0.25, 0.3) is 5.91 Å². The fourth-order valence-electron chi connectivity index (χ4n) is 2.10. The van der Waals surface area contributed by atoms with Crippen LogP contribution in [0, 0.1) is 5.82 Å². The molecule has 1 amide bonds. The molecular weight excluding hydrogens is 345 g/mol. The molecule has 2 rings (SSSR count). The number of halogens is 2. The van der Waals surface area contributed by atoms with E-state index in [1.54, 1.807) is 37.3 Å². The van der Waals surface area contributed by atoms with Gasteiger partial charge in [-0.1, -0.05) is 41.9 Å². The maximum absolute atomic E-state index is 13.4. The van der Waals surface area contributed by atoms with Gasteiger partial charge in [-0.15, -0.1) is 0 Å². The highest BCUT2D eigenvalue weighted by atomic mass is 35.5. The van der Waals surface area contributed by atoms with Gasteiger partial charge >= 0.3 is 5.97 Å². The van der Waals surface area contributed by atoms with Crippen molar-refractivity contribution in [1.29, 1.82) is 0 Å². The van der Waals surface area contributed by atoms with Crippen molar-refractivity contribution in [1.82, 2.24) is 5.32 Å². The Balaban J connectivity index is 1.81. The predicted octanol–water partition coefficient (Wildman–Crippen LogP) is 3.91. The molecule has 25 heavy (non-hydrogen) atoms. The van der Waals surface area contributed by atoms with E-state index >= 15 is 0 Å². The number of carbonyl (C=O) groups is 2. The van der Waals surface area contributed by atoms with E-state index in [4.69, 9.17) is 16.3 Å². The molecule has 130 valence electrons. The van der Waals surface area contributed by atoms with Crippen molar-refractivity contribution in [3.8, 4) is 0 Å². The van der Waals surface area contributed by atoms with Gasteiger partial charge in [0.2, 0.25) is 0 Å². The number of benzene rings is 2. The van der Waals surface area contributed by atoms with E-state index in [0.717, 1.165) is 11.6 Å². The first-order chi connectivity index (χ1) is 12.0. The minimum atomic E-state index is -0.728. The third kappa shape index (κ3) is 6.04. The van der Waals surface area contributed by atoms with Crippen LogP contribution in [-0.4, -0.2) is 18.5 Å². The van der Waals surface area contributed by atoms with Gasteiger partial charge < -0.3 is 10.1 Å². The van der Waals surface area contributed by atoms with Crippen LogP contribution in [0.1, 0.15) is 24.1 Å². The van der Waals surface area contributed by atoms with E-state index < -0.39 is 24.3 Å². The second-order valence-electron chi connectivity index (χ2n) is 5.31. The normalized spacial score (nSPS) is 12.0. The Morgan fingerprint density at radius 3 is 2.72 bits per heavy atom. The van der Waals surface area contributed by atoms with Crippen molar-refractivity contribution in [3.05, 3.63) is 76.6 Å². The fourth-order valence-corrected chi connectivity index (χ4v) is 2.29. The number of ether oxygens (including phenoxy) is 1.